The summed E-state index contributed by atoms with van der Waals surface area (Å²) in [6.07, 6.45) is 3.98. The quantitative estimate of drug-likeness (QED) is 0.488. The number of likely N-dealkylation sites (tertiary alicyclic amines) is 1. The van der Waals surface area contributed by atoms with E-state index in [9.17, 15) is 9.59 Å². The zero-order valence-corrected chi connectivity index (χ0v) is 23.7. The number of carbonyl (C=O) groups excluding carboxylic acids is 2. The average Bonchev–Trinajstić information content (AvgIpc) is 3.19. The molecule has 0 bridgehead atoms. The number of rotatable bonds is 7. The third kappa shape index (κ3) is 6.78. The van der Waals surface area contributed by atoms with Gasteiger partial charge in [0, 0.05) is 25.5 Å². The molecule has 0 N–H and O–H groups in total. The first kappa shape index (κ1) is 28.2. The summed E-state index contributed by atoms with van der Waals surface area (Å²) in [6.45, 7) is 21.4. The van der Waals surface area contributed by atoms with Gasteiger partial charge in [-0.15, -0.1) is 0 Å². The summed E-state index contributed by atoms with van der Waals surface area (Å²) in [6, 6.07) is 0.731. The number of nitrogens with zero attached hydrogens (tertiary/aromatic N) is 4. The van der Waals surface area contributed by atoms with Gasteiger partial charge in [0.25, 0.3) is 0 Å². The second kappa shape index (κ2) is 10.7. The highest BCUT2D eigenvalue weighted by Crippen LogP contribution is 2.39. The summed E-state index contributed by atoms with van der Waals surface area (Å²) in [5, 5.41) is 0.0172. The van der Waals surface area contributed by atoms with Gasteiger partial charge in [0.15, 0.2) is 14.1 Å². The van der Waals surface area contributed by atoms with Crippen molar-refractivity contribution in [2.24, 2.45) is 0 Å². The van der Waals surface area contributed by atoms with Crippen LogP contribution in [0, 0.1) is 0 Å². The zero-order valence-electron chi connectivity index (χ0n) is 22.7. The van der Waals surface area contributed by atoms with E-state index in [2.05, 4.69) is 43.8 Å². The molecule has 0 radical (unpaired) electrons. The van der Waals surface area contributed by atoms with E-state index < -0.39 is 32.1 Å². The van der Waals surface area contributed by atoms with E-state index in [1.165, 1.54) is 0 Å². The number of amides is 2. The molecule has 1 aliphatic rings. The van der Waals surface area contributed by atoms with E-state index >= 15 is 0 Å². The zero-order chi connectivity index (χ0) is 25.9. The normalized spacial score (nSPS) is 19.0. The molecule has 1 fully saturated rings. The molecular weight excluding hydrogens is 448 g/mol. The third-order valence-electron chi connectivity index (χ3n) is 6.71. The van der Waals surface area contributed by atoms with Crippen LogP contribution in [0.5, 0.6) is 0 Å². The Morgan fingerprint density at radius 3 is 2.26 bits per heavy atom. The highest BCUT2D eigenvalue weighted by molar-refractivity contribution is 6.74. The van der Waals surface area contributed by atoms with Gasteiger partial charge >= 0.3 is 6.09 Å². The van der Waals surface area contributed by atoms with Crippen molar-refractivity contribution >= 4 is 20.3 Å². The van der Waals surface area contributed by atoms with E-state index in [-0.39, 0.29) is 17.0 Å². The van der Waals surface area contributed by atoms with Crippen LogP contribution in [0.1, 0.15) is 80.1 Å². The molecule has 2 heterocycles. The lowest BCUT2D eigenvalue weighted by Gasteiger charge is -2.43. The summed E-state index contributed by atoms with van der Waals surface area (Å²) in [7, 11) is -2.12. The molecule has 2 amide bonds. The minimum absolute atomic E-state index is 0.0172. The number of carbonyl (C=O) groups is 2. The minimum atomic E-state index is -2.12. The van der Waals surface area contributed by atoms with Crippen LogP contribution >= 0.6 is 0 Å². The van der Waals surface area contributed by atoms with E-state index in [1.807, 2.05) is 34.6 Å². The van der Waals surface area contributed by atoms with Crippen molar-refractivity contribution < 1.29 is 18.8 Å². The van der Waals surface area contributed by atoms with Gasteiger partial charge in [-0.1, -0.05) is 20.8 Å². The Kier molecular flexibility index (Phi) is 8.91. The lowest BCUT2D eigenvalue weighted by molar-refractivity contribution is -0.140. The Hall–Kier alpha value is -2.00. The lowest BCUT2D eigenvalue weighted by atomic mass is 10.1. The second-order valence-corrected chi connectivity index (χ2v) is 16.3. The Balaban J connectivity index is 2.38. The van der Waals surface area contributed by atoms with Crippen molar-refractivity contribution in [3.8, 4) is 0 Å². The van der Waals surface area contributed by atoms with Gasteiger partial charge in [-0.3, -0.25) is 9.69 Å². The van der Waals surface area contributed by atoms with Crippen molar-refractivity contribution in [1.82, 2.24) is 19.8 Å². The van der Waals surface area contributed by atoms with Crippen LogP contribution in [0.4, 0.5) is 4.79 Å². The summed E-state index contributed by atoms with van der Waals surface area (Å²) < 4.78 is 12.3. The molecule has 1 aromatic heterocycles. The number of aromatic nitrogens is 2. The van der Waals surface area contributed by atoms with Crippen LogP contribution in [-0.2, 0) is 14.0 Å². The third-order valence-corrected chi connectivity index (χ3v) is 11.3. The predicted octanol–water partition coefficient (Wildman–Crippen LogP) is 5.18. The maximum Gasteiger partial charge on any atom is 0.410 e. The first-order valence-corrected chi connectivity index (χ1v) is 15.2. The van der Waals surface area contributed by atoms with Crippen molar-refractivity contribution in [2.75, 3.05) is 13.1 Å². The van der Waals surface area contributed by atoms with Crippen LogP contribution in [0.2, 0.25) is 18.1 Å². The molecule has 0 saturated carbocycles. The molecule has 34 heavy (non-hydrogen) atoms. The molecule has 0 spiro atoms. The van der Waals surface area contributed by atoms with E-state index in [0.29, 0.717) is 25.3 Å². The second-order valence-electron chi connectivity index (χ2n) is 11.6. The minimum Gasteiger partial charge on any atom is -0.444 e. The van der Waals surface area contributed by atoms with Crippen molar-refractivity contribution in [1.29, 1.82) is 0 Å². The summed E-state index contributed by atoms with van der Waals surface area (Å²) in [4.78, 5) is 39.1. The standard InChI is InChI=1S/C25H44N4O4Si/c1-11-28(22(30)19-14-12-17-29(19)23(31)32-24(3,4)5)20(21-26-15-13-16-27-21)18(2)33-34(9,10)25(6,7)8/h13,15-16,18-20H,11-12,14,17H2,1-10H3. The van der Waals surface area contributed by atoms with Crippen LogP contribution in [0.15, 0.2) is 18.5 Å². The fourth-order valence-electron chi connectivity index (χ4n) is 4.02. The van der Waals surface area contributed by atoms with Gasteiger partial charge in [-0.25, -0.2) is 14.8 Å². The van der Waals surface area contributed by atoms with Gasteiger partial charge in [-0.2, -0.15) is 0 Å². The number of likely N-dealkylation sites (N-methyl/N-ethyl adjacent to an activating group) is 1. The molecule has 1 aliphatic heterocycles. The highest BCUT2D eigenvalue weighted by atomic mass is 28.4. The smallest absolute Gasteiger partial charge is 0.410 e. The highest BCUT2D eigenvalue weighted by Gasteiger charge is 2.45. The van der Waals surface area contributed by atoms with Gasteiger partial charge in [0.2, 0.25) is 5.91 Å². The number of hydrogen-bond donors (Lipinski definition) is 0. The molecule has 3 unspecified atom stereocenters. The van der Waals surface area contributed by atoms with E-state index in [4.69, 9.17) is 9.16 Å². The molecule has 1 aromatic rings. The Labute approximate surface area is 206 Å². The fourth-order valence-corrected chi connectivity index (χ4v) is 5.43. The molecule has 8 nitrogen and oxygen atoms in total. The molecule has 192 valence electrons. The molecule has 1 saturated heterocycles. The average molecular weight is 493 g/mol. The van der Waals surface area contributed by atoms with E-state index in [1.54, 1.807) is 28.3 Å². The van der Waals surface area contributed by atoms with Gasteiger partial charge in [0.1, 0.15) is 17.7 Å². The van der Waals surface area contributed by atoms with Gasteiger partial charge in [0.05, 0.1) is 6.10 Å². The maximum atomic E-state index is 13.9. The molecular formula is C25H44N4O4Si. The maximum absolute atomic E-state index is 13.9. The van der Waals surface area contributed by atoms with Crippen LogP contribution in [0.3, 0.4) is 0 Å². The SMILES string of the molecule is CCN(C(=O)C1CCCN1C(=O)OC(C)(C)C)C(c1ncccn1)C(C)O[Si](C)(C)C(C)(C)C. The molecule has 2 rings (SSSR count). The Morgan fingerprint density at radius 2 is 1.76 bits per heavy atom. The Bertz CT molecular complexity index is 836. The largest absolute Gasteiger partial charge is 0.444 e. The first-order chi connectivity index (χ1) is 15.6. The predicted molar refractivity (Wildman–Crippen MR) is 136 cm³/mol. The summed E-state index contributed by atoms with van der Waals surface area (Å²) in [5.41, 5.74) is -0.621. The molecule has 0 aliphatic carbocycles. The van der Waals surface area contributed by atoms with Crippen LogP contribution in [-0.4, -0.2) is 70.9 Å². The summed E-state index contributed by atoms with van der Waals surface area (Å²) in [5.74, 6) is 0.430. The van der Waals surface area contributed by atoms with Crippen molar-refractivity contribution in [2.45, 2.75) is 110 Å². The Morgan fingerprint density at radius 1 is 1.18 bits per heavy atom. The molecule has 0 aromatic carbocycles. The van der Waals surface area contributed by atoms with Crippen LogP contribution in [0.25, 0.3) is 0 Å². The number of ether oxygens (including phenoxy) is 1. The summed E-state index contributed by atoms with van der Waals surface area (Å²) >= 11 is 0. The van der Waals surface area contributed by atoms with Gasteiger partial charge in [-0.05, 0) is 71.7 Å². The monoisotopic (exact) mass is 492 g/mol. The van der Waals surface area contributed by atoms with Crippen molar-refractivity contribution in [3.05, 3.63) is 24.3 Å². The number of hydrogen-bond acceptors (Lipinski definition) is 6. The molecule has 3 atom stereocenters. The van der Waals surface area contributed by atoms with Crippen molar-refractivity contribution in [3.63, 3.8) is 0 Å². The van der Waals surface area contributed by atoms with E-state index in [0.717, 1.165) is 6.42 Å². The molecule has 9 heteroatoms. The van der Waals surface area contributed by atoms with Gasteiger partial charge < -0.3 is 14.1 Å². The lowest BCUT2D eigenvalue weighted by Crippen LogP contribution is -2.53. The first-order valence-electron chi connectivity index (χ1n) is 12.3. The van der Waals surface area contributed by atoms with Crippen LogP contribution < -0.4 is 0 Å². The fraction of sp³-hybridized carbons (Fsp3) is 0.760. The topological polar surface area (TPSA) is 84.9 Å².